The molecule has 2 saturated heterocycles. The van der Waals surface area contributed by atoms with Gasteiger partial charge < -0.3 is 19.3 Å². The molecule has 1 aromatic carbocycles. The first-order valence-electron chi connectivity index (χ1n) is 13.4. The Bertz CT molecular complexity index is 1500. The molecule has 0 saturated carbocycles. The van der Waals surface area contributed by atoms with Gasteiger partial charge in [0, 0.05) is 57.8 Å². The summed E-state index contributed by atoms with van der Waals surface area (Å²) in [5.74, 6) is 1.23. The Morgan fingerprint density at radius 2 is 1.77 bits per heavy atom. The van der Waals surface area contributed by atoms with Crippen LogP contribution in [0.5, 0.6) is 5.75 Å². The molecule has 1 amide bonds. The van der Waals surface area contributed by atoms with Crippen molar-refractivity contribution < 1.29 is 14.3 Å². The molecule has 40 heavy (non-hydrogen) atoms. The van der Waals surface area contributed by atoms with E-state index in [1.165, 1.54) is 11.8 Å². The Balaban J connectivity index is 1.45. The molecule has 0 radical (unpaired) electrons. The zero-order chi connectivity index (χ0) is 28.2. The van der Waals surface area contributed by atoms with Crippen LogP contribution in [0.1, 0.15) is 24.5 Å². The van der Waals surface area contributed by atoms with E-state index < -0.39 is 0 Å². The molecule has 2 aliphatic rings. The van der Waals surface area contributed by atoms with Gasteiger partial charge in [-0.25, -0.2) is 4.98 Å². The number of hydrogen-bond acceptors (Lipinski definition) is 9. The largest absolute Gasteiger partial charge is 0.497 e. The highest BCUT2D eigenvalue weighted by Crippen LogP contribution is 2.34. The molecule has 0 atom stereocenters. The first kappa shape index (κ1) is 28.1. The average Bonchev–Trinajstić information content (AvgIpc) is 3.24. The minimum Gasteiger partial charge on any atom is -0.497 e. The number of amides is 1. The number of thiocarbonyl (C=S) groups is 1. The first-order chi connectivity index (χ1) is 19.4. The summed E-state index contributed by atoms with van der Waals surface area (Å²) >= 11 is 6.74. The van der Waals surface area contributed by atoms with Crippen molar-refractivity contribution in [1.29, 1.82) is 0 Å². The number of hydrogen-bond donors (Lipinski definition) is 0. The van der Waals surface area contributed by atoms with E-state index in [0.717, 1.165) is 30.1 Å². The lowest BCUT2D eigenvalue weighted by Gasteiger charge is -2.37. The number of ether oxygens (including phenoxy) is 2. The van der Waals surface area contributed by atoms with Crippen molar-refractivity contribution in [1.82, 2.24) is 14.3 Å². The van der Waals surface area contributed by atoms with Crippen molar-refractivity contribution in [3.8, 4) is 5.75 Å². The van der Waals surface area contributed by atoms with Crippen LogP contribution in [0.15, 0.2) is 52.3 Å². The molecule has 0 aliphatic carbocycles. The topological polar surface area (TPSA) is 79.6 Å². The van der Waals surface area contributed by atoms with E-state index in [1.54, 1.807) is 28.7 Å². The molecule has 9 nitrogen and oxygen atoms in total. The standard InChI is InChI=1S/C29H33N5O4S2/c1-4-38-17-5-12-33-28(36)24(40-29(33)39)18-23-26(30-25-11-6-20(2)19-34(25)27(23)35)32-15-13-31(14-16-32)21-7-9-22(37-3)10-8-21/h6-11,18-19H,4-5,12-17H2,1-3H3/b24-18-. The molecule has 11 heteroatoms. The Hall–Kier alpha value is -3.41. The number of methoxy groups -OCH3 is 1. The molecule has 4 heterocycles. The van der Waals surface area contributed by atoms with Crippen molar-refractivity contribution in [2.45, 2.75) is 20.3 Å². The van der Waals surface area contributed by atoms with Gasteiger partial charge in [0.2, 0.25) is 0 Å². The second-order valence-electron chi connectivity index (χ2n) is 9.64. The van der Waals surface area contributed by atoms with Gasteiger partial charge in [0.25, 0.3) is 11.5 Å². The number of nitrogens with zero attached hydrogens (tertiary/aromatic N) is 5. The number of piperazine rings is 1. The van der Waals surface area contributed by atoms with Gasteiger partial charge in [0.15, 0.2) is 0 Å². The van der Waals surface area contributed by atoms with E-state index in [2.05, 4.69) is 21.9 Å². The highest BCUT2D eigenvalue weighted by atomic mass is 32.2. The third-order valence-electron chi connectivity index (χ3n) is 7.03. The Morgan fingerprint density at radius 1 is 1.05 bits per heavy atom. The van der Waals surface area contributed by atoms with Gasteiger partial charge in [-0.1, -0.05) is 30.0 Å². The lowest BCUT2D eigenvalue weighted by Crippen LogP contribution is -2.47. The van der Waals surface area contributed by atoms with Gasteiger partial charge in [0.1, 0.15) is 21.5 Å². The fourth-order valence-electron chi connectivity index (χ4n) is 4.88. The number of aromatic nitrogens is 2. The van der Waals surface area contributed by atoms with Gasteiger partial charge in [-0.2, -0.15) is 0 Å². The van der Waals surface area contributed by atoms with Crippen LogP contribution in [0.25, 0.3) is 11.7 Å². The summed E-state index contributed by atoms with van der Waals surface area (Å²) in [5.41, 5.74) is 2.84. The third-order valence-corrected chi connectivity index (χ3v) is 8.40. The summed E-state index contributed by atoms with van der Waals surface area (Å²) in [7, 11) is 1.66. The van der Waals surface area contributed by atoms with Crippen molar-refractivity contribution in [2.75, 3.05) is 62.8 Å². The average molecular weight is 580 g/mol. The van der Waals surface area contributed by atoms with E-state index >= 15 is 0 Å². The molecule has 0 N–H and O–H groups in total. The van der Waals surface area contributed by atoms with Gasteiger partial charge >= 0.3 is 0 Å². The van der Waals surface area contributed by atoms with Crippen molar-refractivity contribution in [3.63, 3.8) is 0 Å². The predicted octanol–water partition coefficient (Wildman–Crippen LogP) is 3.97. The molecule has 0 spiro atoms. The van der Waals surface area contributed by atoms with E-state index in [4.69, 9.17) is 26.7 Å². The Labute approximate surface area is 243 Å². The fraction of sp³-hybridized carbons (Fsp3) is 0.379. The molecule has 0 bridgehead atoms. The van der Waals surface area contributed by atoms with Gasteiger partial charge in [-0.3, -0.25) is 18.9 Å². The molecule has 3 aromatic rings. The van der Waals surface area contributed by atoms with E-state index in [9.17, 15) is 9.59 Å². The summed E-state index contributed by atoms with van der Waals surface area (Å²) in [6, 6.07) is 11.8. The molecule has 2 aromatic heterocycles. The summed E-state index contributed by atoms with van der Waals surface area (Å²) < 4.78 is 12.7. The van der Waals surface area contributed by atoms with Crippen LogP contribution in [0, 0.1) is 6.92 Å². The zero-order valence-electron chi connectivity index (χ0n) is 23.0. The summed E-state index contributed by atoms with van der Waals surface area (Å²) in [6.45, 7) is 8.45. The number of anilines is 2. The quantitative estimate of drug-likeness (QED) is 0.213. The number of carbonyl (C=O) groups is 1. The van der Waals surface area contributed by atoms with E-state index in [1.807, 2.05) is 38.1 Å². The normalized spacial score (nSPS) is 17.0. The lowest BCUT2D eigenvalue weighted by molar-refractivity contribution is -0.122. The summed E-state index contributed by atoms with van der Waals surface area (Å²) in [4.78, 5) is 38.5. The number of fused-ring (bicyclic) bond motifs is 1. The monoisotopic (exact) mass is 579 g/mol. The van der Waals surface area contributed by atoms with Crippen LogP contribution in [-0.4, -0.2) is 77.6 Å². The number of benzene rings is 1. The Morgan fingerprint density at radius 3 is 2.48 bits per heavy atom. The molecule has 0 unspecified atom stereocenters. The van der Waals surface area contributed by atoms with Gasteiger partial charge in [0.05, 0.1) is 17.6 Å². The van der Waals surface area contributed by atoms with E-state index in [0.29, 0.717) is 65.5 Å². The maximum Gasteiger partial charge on any atom is 0.267 e. The highest BCUT2D eigenvalue weighted by molar-refractivity contribution is 8.26. The number of rotatable bonds is 9. The maximum absolute atomic E-state index is 13.8. The van der Waals surface area contributed by atoms with Crippen LogP contribution in [0.3, 0.4) is 0 Å². The van der Waals surface area contributed by atoms with Crippen LogP contribution >= 0.6 is 24.0 Å². The molecular formula is C29H33N5O4S2. The summed E-state index contributed by atoms with van der Waals surface area (Å²) in [5, 5.41) is 0. The number of carbonyl (C=O) groups excluding carboxylic acids is 1. The van der Waals surface area contributed by atoms with Crippen LogP contribution < -0.4 is 20.1 Å². The molecule has 2 fully saturated rings. The number of aryl methyl sites for hydroxylation is 1. The molecule has 5 rings (SSSR count). The predicted molar refractivity (Wildman–Crippen MR) is 165 cm³/mol. The second-order valence-corrected chi connectivity index (χ2v) is 11.3. The molecule has 2 aliphatic heterocycles. The first-order valence-corrected chi connectivity index (χ1v) is 14.6. The van der Waals surface area contributed by atoms with Gasteiger partial charge in [-0.05, 0) is 62.2 Å². The van der Waals surface area contributed by atoms with Gasteiger partial charge in [-0.15, -0.1) is 0 Å². The minimum absolute atomic E-state index is 0.185. The SMILES string of the molecule is CCOCCCN1C(=O)/C(=C/c2c(N3CCN(c4ccc(OC)cc4)CC3)nc3ccc(C)cn3c2=O)SC1=S. The molecular weight excluding hydrogens is 546 g/mol. The van der Waals surface area contributed by atoms with Crippen LogP contribution in [-0.2, 0) is 9.53 Å². The van der Waals surface area contributed by atoms with Crippen molar-refractivity contribution in [2.24, 2.45) is 0 Å². The highest BCUT2D eigenvalue weighted by Gasteiger charge is 2.33. The van der Waals surface area contributed by atoms with Crippen LogP contribution in [0.4, 0.5) is 11.5 Å². The Kier molecular flexibility index (Phi) is 8.72. The third kappa shape index (κ3) is 5.86. The minimum atomic E-state index is -0.206. The smallest absolute Gasteiger partial charge is 0.267 e. The molecule has 210 valence electrons. The second kappa shape index (κ2) is 12.4. The van der Waals surface area contributed by atoms with Crippen LogP contribution in [0.2, 0.25) is 0 Å². The van der Waals surface area contributed by atoms with E-state index in [-0.39, 0.29) is 11.5 Å². The van der Waals surface area contributed by atoms with Crippen molar-refractivity contribution >= 4 is 57.4 Å². The van der Waals surface area contributed by atoms with Crippen molar-refractivity contribution in [3.05, 3.63) is 69.0 Å². The number of thioether (sulfide) groups is 1. The maximum atomic E-state index is 13.8. The summed E-state index contributed by atoms with van der Waals surface area (Å²) in [6.07, 6.45) is 4.15. The zero-order valence-corrected chi connectivity index (χ0v) is 24.6. The number of pyridine rings is 1. The lowest BCUT2D eigenvalue weighted by atomic mass is 10.2. The fourth-order valence-corrected chi connectivity index (χ4v) is 6.17.